The molecule has 1 aromatic heterocycles. The van der Waals surface area contributed by atoms with Gasteiger partial charge in [-0.05, 0) is 36.1 Å². The van der Waals surface area contributed by atoms with Crippen LogP contribution in [0.15, 0.2) is 59.5 Å². The Balaban J connectivity index is 1.63. The molecule has 164 valence electrons. The van der Waals surface area contributed by atoms with Crippen molar-refractivity contribution in [3.63, 3.8) is 0 Å². The molecule has 2 heterocycles. The minimum atomic E-state index is -1.19. The van der Waals surface area contributed by atoms with Crippen LogP contribution in [-0.4, -0.2) is 22.8 Å². The summed E-state index contributed by atoms with van der Waals surface area (Å²) in [6, 6.07) is 15.5. The number of carbonyl (C=O) groups is 1. The molecule has 5 rings (SSSR count). The van der Waals surface area contributed by atoms with Crippen molar-refractivity contribution in [1.82, 2.24) is 4.57 Å². The second kappa shape index (κ2) is 8.19. The molecule has 6 nitrogen and oxygen atoms in total. The van der Waals surface area contributed by atoms with E-state index >= 15 is 0 Å². The summed E-state index contributed by atoms with van der Waals surface area (Å²) in [7, 11) is 1.60. The van der Waals surface area contributed by atoms with Crippen molar-refractivity contribution >= 4 is 5.97 Å². The third-order valence-corrected chi connectivity index (χ3v) is 6.65. The van der Waals surface area contributed by atoms with Gasteiger partial charge in [-0.15, -0.1) is 0 Å². The topological polar surface area (TPSA) is 77.8 Å². The molecular weight excluding hydrogens is 406 g/mol. The van der Waals surface area contributed by atoms with Gasteiger partial charge in [0.2, 0.25) is 0 Å². The van der Waals surface area contributed by atoms with Crippen LogP contribution in [0.2, 0.25) is 0 Å². The van der Waals surface area contributed by atoms with Crippen LogP contribution < -0.4 is 14.9 Å². The Morgan fingerprint density at radius 3 is 2.62 bits per heavy atom. The molecule has 1 fully saturated rings. The number of aromatic carboxylic acids is 1. The highest BCUT2D eigenvalue weighted by molar-refractivity contribution is 5.88. The predicted molar refractivity (Wildman–Crippen MR) is 121 cm³/mol. The zero-order valence-corrected chi connectivity index (χ0v) is 17.9. The maximum Gasteiger partial charge on any atom is 0.341 e. The molecule has 2 aromatic carbocycles. The van der Waals surface area contributed by atoms with Crippen molar-refractivity contribution in [2.75, 3.05) is 7.11 Å². The van der Waals surface area contributed by atoms with Crippen molar-refractivity contribution in [3.8, 4) is 22.8 Å². The maximum atomic E-state index is 12.5. The zero-order chi connectivity index (χ0) is 22.2. The van der Waals surface area contributed by atoms with Gasteiger partial charge < -0.3 is 19.1 Å². The van der Waals surface area contributed by atoms with E-state index in [9.17, 15) is 14.7 Å². The van der Waals surface area contributed by atoms with E-state index < -0.39 is 11.4 Å². The lowest BCUT2D eigenvalue weighted by Gasteiger charge is -2.40. The van der Waals surface area contributed by atoms with Gasteiger partial charge in [-0.3, -0.25) is 4.79 Å². The molecule has 0 spiro atoms. The van der Waals surface area contributed by atoms with Crippen molar-refractivity contribution in [2.24, 2.45) is 0 Å². The first-order valence-corrected chi connectivity index (χ1v) is 11.0. The van der Waals surface area contributed by atoms with Gasteiger partial charge in [-0.25, -0.2) is 4.79 Å². The summed E-state index contributed by atoms with van der Waals surface area (Å²) < 4.78 is 13.8. The van der Waals surface area contributed by atoms with E-state index in [1.165, 1.54) is 12.3 Å². The first-order valence-electron chi connectivity index (χ1n) is 11.0. The largest absolute Gasteiger partial charge is 0.493 e. The van der Waals surface area contributed by atoms with Gasteiger partial charge in [0, 0.05) is 29.8 Å². The van der Waals surface area contributed by atoms with Gasteiger partial charge in [0.05, 0.1) is 12.8 Å². The molecule has 1 aliphatic heterocycles. The summed E-state index contributed by atoms with van der Waals surface area (Å²) in [5, 5.41) is 9.48. The molecule has 0 amide bonds. The number of nitrogens with zero attached hydrogens (tertiary/aromatic N) is 1. The lowest BCUT2D eigenvalue weighted by molar-refractivity contribution is 0.0694. The van der Waals surface area contributed by atoms with Crippen molar-refractivity contribution < 1.29 is 19.4 Å². The van der Waals surface area contributed by atoms with Crippen LogP contribution in [0.3, 0.4) is 0 Å². The third-order valence-electron chi connectivity index (χ3n) is 6.65. The number of carboxylic acids is 1. The number of ether oxygens (including phenoxy) is 2. The number of hydrogen-bond acceptors (Lipinski definition) is 4. The van der Waals surface area contributed by atoms with E-state index in [0.29, 0.717) is 18.1 Å². The van der Waals surface area contributed by atoms with Crippen LogP contribution in [0.25, 0.3) is 11.3 Å². The van der Waals surface area contributed by atoms with Gasteiger partial charge in [-0.1, -0.05) is 43.2 Å². The maximum absolute atomic E-state index is 12.5. The van der Waals surface area contributed by atoms with E-state index in [0.717, 1.165) is 48.1 Å². The van der Waals surface area contributed by atoms with Crippen LogP contribution in [0.5, 0.6) is 11.5 Å². The average Bonchev–Trinajstić information content (AvgIpc) is 2.82. The van der Waals surface area contributed by atoms with E-state index in [4.69, 9.17) is 9.47 Å². The highest BCUT2D eigenvalue weighted by Gasteiger charge is 2.36. The third kappa shape index (κ3) is 3.45. The monoisotopic (exact) mass is 431 g/mol. The molecule has 0 radical (unpaired) electrons. The summed E-state index contributed by atoms with van der Waals surface area (Å²) in [5.74, 6) is 0.318. The van der Waals surface area contributed by atoms with E-state index in [2.05, 4.69) is 6.07 Å². The summed E-state index contributed by atoms with van der Waals surface area (Å²) >= 11 is 0. The number of carboxylic acid groups (broad SMARTS) is 1. The Bertz CT molecular complexity index is 1230. The van der Waals surface area contributed by atoms with Crippen molar-refractivity contribution in [1.29, 1.82) is 0 Å². The number of fused-ring (bicyclic) bond motifs is 6. The summed E-state index contributed by atoms with van der Waals surface area (Å²) in [4.78, 5) is 24.1. The number of aromatic nitrogens is 1. The Kier molecular flexibility index (Phi) is 5.21. The Morgan fingerprint density at radius 1 is 1.09 bits per heavy atom. The number of benzene rings is 2. The fraction of sp³-hybridized carbons (Fsp3) is 0.308. The van der Waals surface area contributed by atoms with E-state index in [1.807, 2.05) is 41.0 Å². The number of methoxy groups -OCH3 is 1. The molecule has 2 aliphatic rings. The number of hydrogen-bond donors (Lipinski definition) is 1. The first-order chi connectivity index (χ1) is 15.6. The fourth-order valence-corrected chi connectivity index (χ4v) is 5.12. The van der Waals surface area contributed by atoms with Gasteiger partial charge in [0.25, 0.3) is 0 Å². The quantitative estimate of drug-likeness (QED) is 0.614. The fourth-order valence-electron chi connectivity index (χ4n) is 5.12. The highest BCUT2D eigenvalue weighted by atomic mass is 16.5. The Labute approximate surface area is 186 Å². The molecule has 32 heavy (non-hydrogen) atoms. The van der Waals surface area contributed by atoms with Gasteiger partial charge in [-0.2, -0.15) is 0 Å². The van der Waals surface area contributed by atoms with Crippen molar-refractivity contribution in [3.05, 3.63) is 81.6 Å². The average molecular weight is 431 g/mol. The SMILES string of the molecule is COc1cc2c(cc1OCc1ccccc1)[C@@H]1CCCC[C@H]1n1cc(C(=O)O)c(=O)cc1-2. The molecular formula is C26H25NO5. The van der Waals surface area contributed by atoms with E-state index in [-0.39, 0.29) is 17.5 Å². The predicted octanol–water partition coefficient (Wildman–Crippen LogP) is 5.01. The summed E-state index contributed by atoms with van der Waals surface area (Å²) in [5.41, 5.74) is 3.20. The molecule has 1 N–H and O–H groups in total. The van der Waals surface area contributed by atoms with Crippen LogP contribution in [0.4, 0.5) is 0 Å². The molecule has 0 unspecified atom stereocenters. The molecule has 1 saturated carbocycles. The van der Waals surface area contributed by atoms with Gasteiger partial charge >= 0.3 is 5.97 Å². The van der Waals surface area contributed by atoms with Crippen molar-refractivity contribution in [2.45, 2.75) is 44.2 Å². The second-order valence-corrected chi connectivity index (χ2v) is 8.47. The summed E-state index contributed by atoms with van der Waals surface area (Å²) in [6.07, 6.45) is 5.69. The lowest BCUT2D eigenvalue weighted by atomic mass is 9.75. The van der Waals surface area contributed by atoms with Gasteiger partial charge in [0.15, 0.2) is 16.9 Å². The summed E-state index contributed by atoms with van der Waals surface area (Å²) in [6.45, 7) is 0.433. The smallest absolute Gasteiger partial charge is 0.341 e. The zero-order valence-electron chi connectivity index (χ0n) is 17.9. The van der Waals surface area contributed by atoms with E-state index in [1.54, 1.807) is 7.11 Å². The number of rotatable bonds is 5. The highest BCUT2D eigenvalue weighted by Crippen LogP contribution is 2.51. The standard InChI is InChI=1S/C26H25NO5/c1-31-24-12-19-18(11-25(24)32-15-16-7-3-2-4-8-16)17-9-5-6-10-21(17)27-14-20(26(29)30)23(28)13-22(19)27/h2-4,7-8,11-14,17,21H,5-6,9-10,15H2,1H3,(H,29,30)/t17-,21+/m0/s1. The normalized spacial score (nSPS) is 18.8. The molecule has 1 aliphatic carbocycles. The molecule has 2 atom stereocenters. The molecule has 6 heteroatoms. The van der Waals surface area contributed by atoms with Crippen LogP contribution in [-0.2, 0) is 6.61 Å². The van der Waals surface area contributed by atoms with Gasteiger partial charge in [0.1, 0.15) is 12.2 Å². The number of pyridine rings is 1. The minimum absolute atomic E-state index is 0.125. The first kappa shape index (κ1) is 20.4. The molecule has 0 bridgehead atoms. The minimum Gasteiger partial charge on any atom is -0.493 e. The van der Waals surface area contributed by atoms with Crippen LogP contribution in [0.1, 0.15) is 59.1 Å². The Morgan fingerprint density at radius 2 is 1.88 bits per heavy atom. The molecule has 3 aromatic rings. The Hall–Kier alpha value is -3.54. The lowest BCUT2D eigenvalue weighted by Crippen LogP contribution is -2.30. The van der Waals surface area contributed by atoms with Crippen LogP contribution >= 0.6 is 0 Å². The second-order valence-electron chi connectivity index (χ2n) is 8.47. The van der Waals surface area contributed by atoms with Crippen LogP contribution in [0, 0.1) is 0 Å². The molecule has 0 saturated heterocycles.